The van der Waals surface area contributed by atoms with Gasteiger partial charge in [-0.2, -0.15) is 0 Å². The zero-order valence-electron chi connectivity index (χ0n) is 11.9. The Balaban J connectivity index is 1.85. The van der Waals surface area contributed by atoms with Crippen LogP contribution in [0.3, 0.4) is 0 Å². The van der Waals surface area contributed by atoms with Gasteiger partial charge in [0.05, 0.1) is 6.04 Å². The van der Waals surface area contributed by atoms with E-state index in [4.69, 9.17) is 0 Å². The maximum atomic E-state index is 12.0. The molecule has 3 heteroatoms. The van der Waals surface area contributed by atoms with E-state index in [9.17, 15) is 4.79 Å². The first-order valence-corrected chi connectivity index (χ1v) is 7.24. The molecule has 0 aromatic heterocycles. The molecule has 19 heavy (non-hydrogen) atoms. The second-order valence-electron chi connectivity index (χ2n) is 5.65. The van der Waals surface area contributed by atoms with Crippen LogP contribution in [0.15, 0.2) is 30.3 Å². The molecular formula is C16H24N2O. The summed E-state index contributed by atoms with van der Waals surface area (Å²) >= 11 is 0. The van der Waals surface area contributed by atoms with E-state index in [1.165, 1.54) is 18.4 Å². The summed E-state index contributed by atoms with van der Waals surface area (Å²) in [6.07, 6.45) is 3.00. The molecule has 0 radical (unpaired) electrons. The molecule has 1 aromatic rings. The zero-order valence-corrected chi connectivity index (χ0v) is 11.9. The highest BCUT2D eigenvalue weighted by Gasteiger charge is 2.33. The van der Waals surface area contributed by atoms with Crippen LogP contribution >= 0.6 is 0 Å². The van der Waals surface area contributed by atoms with Crippen molar-refractivity contribution in [3.63, 3.8) is 0 Å². The summed E-state index contributed by atoms with van der Waals surface area (Å²) in [5.41, 5.74) is 1.23. The van der Waals surface area contributed by atoms with Crippen molar-refractivity contribution in [3.8, 4) is 0 Å². The molecule has 1 fully saturated rings. The molecule has 1 aromatic carbocycles. The van der Waals surface area contributed by atoms with Crippen LogP contribution in [0.2, 0.25) is 0 Å². The Labute approximate surface area is 115 Å². The summed E-state index contributed by atoms with van der Waals surface area (Å²) < 4.78 is 0. The first-order chi connectivity index (χ1) is 9.16. The molecule has 1 aliphatic carbocycles. The minimum absolute atomic E-state index is 0.147. The maximum Gasteiger partial charge on any atom is 0.221 e. The predicted molar refractivity (Wildman–Crippen MR) is 77.8 cm³/mol. The van der Waals surface area contributed by atoms with E-state index in [0.717, 1.165) is 6.54 Å². The van der Waals surface area contributed by atoms with Gasteiger partial charge in [-0.05, 0) is 24.3 Å². The Morgan fingerprint density at radius 2 is 1.95 bits per heavy atom. The summed E-state index contributed by atoms with van der Waals surface area (Å²) in [5, 5.41) is 6.46. The minimum atomic E-state index is 0.147. The van der Waals surface area contributed by atoms with Crippen molar-refractivity contribution in [2.45, 2.75) is 45.2 Å². The Morgan fingerprint density at radius 1 is 1.26 bits per heavy atom. The Kier molecular flexibility index (Phi) is 4.97. The number of hydrogen-bond donors (Lipinski definition) is 2. The summed E-state index contributed by atoms with van der Waals surface area (Å²) in [7, 11) is 0. The largest absolute Gasteiger partial charge is 0.349 e. The second-order valence-corrected chi connectivity index (χ2v) is 5.65. The Hall–Kier alpha value is -1.35. The first-order valence-electron chi connectivity index (χ1n) is 7.24. The third-order valence-electron chi connectivity index (χ3n) is 3.47. The maximum absolute atomic E-state index is 12.0. The monoisotopic (exact) mass is 260 g/mol. The van der Waals surface area contributed by atoms with Crippen molar-refractivity contribution < 1.29 is 4.79 Å². The number of nitrogens with one attached hydrogen (secondary N) is 2. The normalized spacial score (nSPS) is 16.4. The van der Waals surface area contributed by atoms with Crippen LogP contribution in [0.5, 0.6) is 0 Å². The first kappa shape index (κ1) is 14.1. The summed E-state index contributed by atoms with van der Waals surface area (Å²) in [5.74, 6) is 0.776. The third-order valence-corrected chi connectivity index (χ3v) is 3.47. The van der Waals surface area contributed by atoms with Gasteiger partial charge in [-0.3, -0.25) is 4.79 Å². The van der Waals surface area contributed by atoms with Gasteiger partial charge in [0, 0.05) is 19.0 Å². The average molecular weight is 260 g/mol. The van der Waals surface area contributed by atoms with E-state index in [1.807, 2.05) is 18.2 Å². The van der Waals surface area contributed by atoms with Gasteiger partial charge in [0.25, 0.3) is 0 Å². The Bertz CT molecular complexity index is 398. The van der Waals surface area contributed by atoms with Gasteiger partial charge < -0.3 is 10.6 Å². The number of carbonyl (C=O) groups excluding carboxylic acids is 1. The molecule has 0 spiro atoms. The number of amides is 1. The number of carbonyl (C=O) groups is 1. The number of benzene rings is 1. The van der Waals surface area contributed by atoms with Gasteiger partial charge in [-0.25, -0.2) is 0 Å². The van der Waals surface area contributed by atoms with Crippen LogP contribution in [-0.2, 0) is 4.79 Å². The summed E-state index contributed by atoms with van der Waals surface area (Å²) in [6.45, 7) is 4.93. The van der Waals surface area contributed by atoms with E-state index >= 15 is 0 Å². The molecular weight excluding hydrogens is 236 g/mol. The van der Waals surface area contributed by atoms with Crippen LogP contribution in [0.25, 0.3) is 0 Å². The number of rotatable bonds is 7. The molecule has 3 nitrogen and oxygen atoms in total. The van der Waals surface area contributed by atoms with Crippen molar-refractivity contribution in [1.82, 2.24) is 10.6 Å². The fourth-order valence-electron chi connectivity index (χ4n) is 2.28. The zero-order chi connectivity index (χ0) is 13.7. The minimum Gasteiger partial charge on any atom is -0.349 e. The summed E-state index contributed by atoms with van der Waals surface area (Å²) in [6, 6.07) is 10.9. The second kappa shape index (κ2) is 6.71. The molecule has 2 N–H and O–H groups in total. The fraction of sp³-hybridized carbons (Fsp3) is 0.562. The van der Waals surface area contributed by atoms with Gasteiger partial charge in [-0.15, -0.1) is 0 Å². The van der Waals surface area contributed by atoms with E-state index < -0.39 is 0 Å². The molecule has 1 atom stereocenters. The van der Waals surface area contributed by atoms with Crippen molar-refractivity contribution in [3.05, 3.63) is 35.9 Å². The molecule has 104 valence electrons. The van der Waals surface area contributed by atoms with E-state index in [0.29, 0.717) is 18.4 Å². The molecule has 0 bridgehead atoms. The van der Waals surface area contributed by atoms with Crippen molar-refractivity contribution in [2.24, 2.45) is 5.92 Å². The van der Waals surface area contributed by atoms with Crippen LogP contribution in [0.1, 0.15) is 44.7 Å². The van der Waals surface area contributed by atoms with Gasteiger partial charge in [0.15, 0.2) is 0 Å². The molecule has 0 aliphatic heterocycles. The van der Waals surface area contributed by atoms with Crippen molar-refractivity contribution in [2.75, 3.05) is 6.54 Å². The molecule has 0 saturated heterocycles. The van der Waals surface area contributed by atoms with Gasteiger partial charge >= 0.3 is 0 Å². The highest BCUT2D eigenvalue weighted by Crippen LogP contribution is 2.40. The lowest BCUT2D eigenvalue weighted by atomic mass is 10.0. The topological polar surface area (TPSA) is 41.1 Å². The average Bonchev–Trinajstić information content (AvgIpc) is 3.21. The SMILES string of the molecule is CC(C)NCCC(=O)NC(c1ccccc1)C1CC1. The lowest BCUT2D eigenvalue weighted by molar-refractivity contribution is -0.121. The van der Waals surface area contributed by atoms with Gasteiger partial charge in [0.1, 0.15) is 0 Å². The van der Waals surface area contributed by atoms with Crippen LogP contribution in [0, 0.1) is 5.92 Å². The van der Waals surface area contributed by atoms with Crippen LogP contribution in [0.4, 0.5) is 0 Å². The molecule has 1 unspecified atom stereocenters. The van der Waals surface area contributed by atoms with Crippen molar-refractivity contribution >= 4 is 5.91 Å². The third kappa shape index (κ3) is 4.67. The van der Waals surface area contributed by atoms with E-state index in [-0.39, 0.29) is 11.9 Å². The standard InChI is InChI=1S/C16H24N2O/c1-12(2)17-11-10-15(19)18-16(14-8-9-14)13-6-4-3-5-7-13/h3-7,12,14,16-17H,8-11H2,1-2H3,(H,18,19). The fourth-order valence-corrected chi connectivity index (χ4v) is 2.28. The molecule has 2 rings (SSSR count). The van der Waals surface area contributed by atoms with E-state index in [2.05, 4.69) is 36.6 Å². The quantitative estimate of drug-likeness (QED) is 0.791. The highest BCUT2D eigenvalue weighted by molar-refractivity contribution is 5.76. The molecule has 1 saturated carbocycles. The van der Waals surface area contributed by atoms with Crippen molar-refractivity contribution in [1.29, 1.82) is 0 Å². The Morgan fingerprint density at radius 3 is 2.53 bits per heavy atom. The smallest absolute Gasteiger partial charge is 0.221 e. The van der Waals surface area contributed by atoms with E-state index in [1.54, 1.807) is 0 Å². The van der Waals surface area contributed by atoms with Gasteiger partial charge in [0.2, 0.25) is 5.91 Å². The number of hydrogen-bond acceptors (Lipinski definition) is 2. The lowest BCUT2D eigenvalue weighted by Gasteiger charge is -2.19. The summed E-state index contributed by atoms with van der Waals surface area (Å²) in [4.78, 5) is 12.0. The molecule has 1 aliphatic rings. The molecule has 0 heterocycles. The highest BCUT2D eigenvalue weighted by atomic mass is 16.1. The van der Waals surface area contributed by atoms with Crippen LogP contribution < -0.4 is 10.6 Å². The predicted octanol–water partition coefficient (Wildman–Crippen LogP) is 2.64. The van der Waals surface area contributed by atoms with Gasteiger partial charge in [-0.1, -0.05) is 44.2 Å². The molecule has 1 amide bonds. The lowest BCUT2D eigenvalue weighted by Crippen LogP contribution is -2.33. The van der Waals surface area contributed by atoms with Crippen LogP contribution in [-0.4, -0.2) is 18.5 Å².